The smallest absolute Gasteiger partial charge is 0.141 e. The third-order valence-electron chi connectivity index (χ3n) is 2.78. The quantitative estimate of drug-likeness (QED) is 0.923. The van der Waals surface area contributed by atoms with E-state index in [0.717, 1.165) is 5.69 Å². The average molecular weight is 270 g/mol. The van der Waals surface area contributed by atoms with Gasteiger partial charge in [0.2, 0.25) is 0 Å². The van der Waals surface area contributed by atoms with Crippen LogP contribution in [0.4, 0.5) is 5.82 Å². The van der Waals surface area contributed by atoms with E-state index in [1.807, 2.05) is 17.7 Å². The predicted molar refractivity (Wildman–Crippen MR) is 73.7 cm³/mol. The second-order valence-electron chi connectivity index (χ2n) is 4.43. The second-order valence-corrected chi connectivity index (χ2v) is 5.79. The Morgan fingerprint density at radius 3 is 2.59 bits per heavy atom. The lowest BCUT2D eigenvalue weighted by molar-refractivity contribution is 0.412. The third-order valence-corrected chi connectivity index (χ3v) is 4.19. The summed E-state index contributed by atoms with van der Waals surface area (Å²) >= 11 is 7.82. The van der Waals surface area contributed by atoms with Crippen LogP contribution in [0.2, 0.25) is 5.02 Å². The van der Waals surface area contributed by atoms with Gasteiger partial charge in [0.1, 0.15) is 10.8 Å². The van der Waals surface area contributed by atoms with E-state index >= 15 is 0 Å². The van der Waals surface area contributed by atoms with Gasteiger partial charge in [0.15, 0.2) is 0 Å². The molecule has 1 atom stereocenters. The summed E-state index contributed by atoms with van der Waals surface area (Å²) in [6.45, 7) is 6.20. The molecule has 2 N–H and O–H groups in total. The van der Waals surface area contributed by atoms with Crippen molar-refractivity contribution in [2.75, 3.05) is 5.73 Å². The summed E-state index contributed by atoms with van der Waals surface area (Å²) in [5.41, 5.74) is 6.81. The van der Waals surface area contributed by atoms with Crippen LogP contribution in [0.15, 0.2) is 17.5 Å². The highest BCUT2D eigenvalue weighted by Crippen LogP contribution is 2.34. The minimum atomic E-state index is 0.154. The van der Waals surface area contributed by atoms with Gasteiger partial charge in [0, 0.05) is 4.88 Å². The van der Waals surface area contributed by atoms with E-state index in [4.69, 9.17) is 17.3 Å². The fourth-order valence-corrected chi connectivity index (χ4v) is 3.06. The monoisotopic (exact) mass is 269 g/mol. The van der Waals surface area contributed by atoms with Gasteiger partial charge in [-0.05, 0) is 24.3 Å². The normalized spacial score (nSPS) is 13.2. The Morgan fingerprint density at radius 1 is 1.47 bits per heavy atom. The minimum Gasteiger partial charge on any atom is -0.383 e. The molecule has 0 spiro atoms. The fraction of sp³-hybridized carbons (Fsp3) is 0.417. The molecule has 0 amide bonds. The number of nitrogens with zero attached hydrogens (tertiary/aromatic N) is 2. The first-order valence-corrected chi connectivity index (χ1v) is 6.81. The number of hydrogen-bond donors (Lipinski definition) is 1. The van der Waals surface area contributed by atoms with Crippen molar-refractivity contribution in [2.45, 2.75) is 26.8 Å². The summed E-state index contributed by atoms with van der Waals surface area (Å²) < 4.78 is 1.84. The first-order chi connectivity index (χ1) is 8.02. The summed E-state index contributed by atoms with van der Waals surface area (Å²) in [5.74, 6) is 0.961. The van der Waals surface area contributed by atoms with Crippen molar-refractivity contribution >= 4 is 28.8 Å². The molecule has 2 rings (SSSR count). The van der Waals surface area contributed by atoms with E-state index in [9.17, 15) is 0 Å². The molecule has 17 heavy (non-hydrogen) atoms. The molecule has 0 saturated carbocycles. The number of nitrogens with two attached hydrogens (primary N) is 1. The molecular weight excluding hydrogens is 254 g/mol. The van der Waals surface area contributed by atoms with Crippen molar-refractivity contribution in [3.8, 4) is 0 Å². The van der Waals surface area contributed by atoms with E-state index < -0.39 is 0 Å². The van der Waals surface area contributed by atoms with E-state index in [1.165, 1.54) is 4.88 Å². The maximum atomic E-state index is 6.10. The van der Waals surface area contributed by atoms with Crippen LogP contribution in [0.3, 0.4) is 0 Å². The summed E-state index contributed by atoms with van der Waals surface area (Å²) in [4.78, 5) is 1.26. The lowest BCUT2D eigenvalue weighted by Crippen LogP contribution is -2.18. The molecule has 0 saturated heterocycles. The number of hydrogen-bond acceptors (Lipinski definition) is 3. The summed E-state index contributed by atoms with van der Waals surface area (Å²) in [6, 6.07) is 4.31. The highest BCUT2D eigenvalue weighted by atomic mass is 35.5. The zero-order valence-electron chi connectivity index (χ0n) is 10.1. The minimum absolute atomic E-state index is 0.154. The first kappa shape index (κ1) is 12.5. The van der Waals surface area contributed by atoms with Crippen LogP contribution in [0.1, 0.15) is 30.5 Å². The molecule has 2 heterocycles. The average Bonchev–Trinajstić information content (AvgIpc) is 2.85. The predicted octanol–water partition coefficient (Wildman–Crippen LogP) is 3.73. The number of rotatable bonds is 3. The topological polar surface area (TPSA) is 43.8 Å². The van der Waals surface area contributed by atoms with Crippen molar-refractivity contribution in [3.63, 3.8) is 0 Å². The molecule has 0 aromatic carbocycles. The third kappa shape index (κ3) is 2.19. The lowest BCUT2D eigenvalue weighted by Gasteiger charge is -2.21. The van der Waals surface area contributed by atoms with Crippen LogP contribution in [0.25, 0.3) is 0 Å². The van der Waals surface area contributed by atoms with Gasteiger partial charge < -0.3 is 5.73 Å². The molecule has 1 unspecified atom stereocenters. The van der Waals surface area contributed by atoms with Gasteiger partial charge in [-0.1, -0.05) is 31.5 Å². The lowest BCUT2D eigenvalue weighted by atomic mass is 10.0. The molecule has 92 valence electrons. The number of anilines is 1. The number of aromatic nitrogens is 2. The van der Waals surface area contributed by atoms with Crippen molar-refractivity contribution < 1.29 is 0 Å². The maximum Gasteiger partial charge on any atom is 0.141 e. The van der Waals surface area contributed by atoms with Crippen LogP contribution in [-0.4, -0.2) is 9.78 Å². The number of aryl methyl sites for hydroxylation is 1. The SMILES string of the molecule is Cc1nn(C(c2cccs2)C(C)C)c(N)c1Cl. The summed E-state index contributed by atoms with van der Waals surface area (Å²) in [7, 11) is 0. The Morgan fingerprint density at radius 2 is 2.18 bits per heavy atom. The first-order valence-electron chi connectivity index (χ1n) is 5.55. The van der Waals surface area contributed by atoms with Crippen molar-refractivity contribution in [3.05, 3.63) is 33.1 Å². The van der Waals surface area contributed by atoms with Gasteiger partial charge in [0.05, 0.1) is 11.7 Å². The van der Waals surface area contributed by atoms with Gasteiger partial charge in [-0.25, -0.2) is 4.68 Å². The second kappa shape index (κ2) is 4.70. The summed E-state index contributed by atoms with van der Waals surface area (Å²) in [5, 5.41) is 7.08. The van der Waals surface area contributed by atoms with E-state index in [2.05, 4.69) is 30.4 Å². The van der Waals surface area contributed by atoms with Crippen molar-refractivity contribution in [1.29, 1.82) is 0 Å². The van der Waals surface area contributed by atoms with E-state index in [0.29, 0.717) is 16.8 Å². The fourth-order valence-electron chi connectivity index (χ4n) is 1.95. The van der Waals surface area contributed by atoms with E-state index in [1.54, 1.807) is 11.3 Å². The molecule has 0 radical (unpaired) electrons. The van der Waals surface area contributed by atoms with Crippen molar-refractivity contribution in [1.82, 2.24) is 9.78 Å². The molecule has 3 nitrogen and oxygen atoms in total. The summed E-state index contributed by atoms with van der Waals surface area (Å²) in [6.07, 6.45) is 0. The van der Waals surface area contributed by atoms with Crippen LogP contribution >= 0.6 is 22.9 Å². The molecule has 2 aromatic rings. The Labute approximate surface area is 110 Å². The number of halogens is 1. The highest BCUT2D eigenvalue weighted by Gasteiger charge is 2.24. The van der Waals surface area contributed by atoms with Gasteiger partial charge in [-0.2, -0.15) is 5.10 Å². The van der Waals surface area contributed by atoms with Crippen LogP contribution < -0.4 is 5.73 Å². The molecule has 0 fully saturated rings. The molecule has 0 aliphatic carbocycles. The van der Waals surface area contributed by atoms with Gasteiger partial charge in [-0.3, -0.25) is 0 Å². The Bertz CT molecular complexity index is 502. The van der Waals surface area contributed by atoms with Gasteiger partial charge in [0.25, 0.3) is 0 Å². The zero-order valence-corrected chi connectivity index (χ0v) is 11.7. The Kier molecular flexibility index (Phi) is 3.45. The molecule has 0 bridgehead atoms. The van der Waals surface area contributed by atoms with Gasteiger partial charge >= 0.3 is 0 Å². The van der Waals surface area contributed by atoms with Crippen LogP contribution in [0, 0.1) is 12.8 Å². The Balaban J connectivity index is 2.51. The van der Waals surface area contributed by atoms with Crippen LogP contribution in [-0.2, 0) is 0 Å². The molecule has 2 aromatic heterocycles. The molecule has 5 heteroatoms. The maximum absolute atomic E-state index is 6.10. The standard InChI is InChI=1S/C12H16ClN3S/c1-7(2)11(9-5-4-6-17-9)16-12(14)10(13)8(3)15-16/h4-7,11H,14H2,1-3H3. The Hall–Kier alpha value is -1.00. The zero-order chi connectivity index (χ0) is 12.6. The molecule has 0 aliphatic rings. The van der Waals surface area contributed by atoms with Crippen molar-refractivity contribution in [2.24, 2.45) is 5.92 Å². The van der Waals surface area contributed by atoms with Gasteiger partial charge in [-0.15, -0.1) is 11.3 Å². The number of thiophene rings is 1. The van der Waals surface area contributed by atoms with E-state index in [-0.39, 0.29) is 6.04 Å². The molecule has 0 aliphatic heterocycles. The molecular formula is C12H16ClN3S. The highest BCUT2D eigenvalue weighted by molar-refractivity contribution is 7.10. The van der Waals surface area contributed by atoms with Crippen LogP contribution in [0.5, 0.6) is 0 Å². The largest absolute Gasteiger partial charge is 0.383 e. The number of nitrogen functional groups attached to an aromatic ring is 1.